The van der Waals surface area contributed by atoms with Gasteiger partial charge in [0.1, 0.15) is 0 Å². The molecule has 1 rings (SSSR count). The second kappa shape index (κ2) is 5.36. The Kier molecular flexibility index (Phi) is 4.55. The summed E-state index contributed by atoms with van der Waals surface area (Å²) in [5, 5.41) is 3.45. The third kappa shape index (κ3) is 3.96. The Morgan fingerprint density at radius 2 is 2.24 bits per heavy atom. The molecule has 1 saturated heterocycles. The number of amides is 1. The number of nitrogens with two attached hydrogens (primary N) is 1. The molecule has 2 atom stereocenters. The lowest BCUT2D eigenvalue weighted by molar-refractivity contribution is -0.126. The lowest BCUT2D eigenvalue weighted by atomic mass is 9.88. The average Bonchev–Trinajstić information content (AvgIpc) is 2.27. The molecule has 0 aromatic heterocycles. The smallest absolute Gasteiger partial charge is 0.224 e. The molecule has 100 valence electrons. The van der Waals surface area contributed by atoms with E-state index in [1.165, 1.54) is 0 Å². The van der Waals surface area contributed by atoms with E-state index < -0.39 is 5.41 Å². The number of hydrogen-bond acceptors (Lipinski definition) is 3. The Morgan fingerprint density at radius 3 is 2.76 bits per heavy atom. The van der Waals surface area contributed by atoms with Crippen LogP contribution >= 0.6 is 0 Å². The van der Waals surface area contributed by atoms with Crippen LogP contribution in [0, 0.1) is 5.41 Å². The van der Waals surface area contributed by atoms with Crippen molar-refractivity contribution in [3.05, 3.63) is 0 Å². The summed E-state index contributed by atoms with van der Waals surface area (Å²) < 4.78 is 5.79. The van der Waals surface area contributed by atoms with E-state index in [0.717, 1.165) is 25.9 Å². The summed E-state index contributed by atoms with van der Waals surface area (Å²) in [5.74, 6) is -0.254. The van der Waals surface area contributed by atoms with Crippen LogP contribution in [-0.4, -0.2) is 30.7 Å². The van der Waals surface area contributed by atoms with Crippen LogP contribution < -0.4 is 11.1 Å². The number of rotatable bonds is 5. The number of ether oxygens (including phenoxy) is 1. The Balaban J connectivity index is 2.45. The van der Waals surface area contributed by atoms with Gasteiger partial charge in [0.25, 0.3) is 0 Å². The summed E-state index contributed by atoms with van der Waals surface area (Å²) >= 11 is 0. The van der Waals surface area contributed by atoms with E-state index in [1.807, 2.05) is 13.8 Å². The van der Waals surface area contributed by atoms with Crippen LogP contribution in [0.1, 0.15) is 47.0 Å². The average molecular weight is 242 g/mol. The minimum absolute atomic E-state index is 0.0210. The second-order valence-electron chi connectivity index (χ2n) is 5.97. The van der Waals surface area contributed by atoms with Crippen molar-refractivity contribution >= 4 is 5.91 Å². The maximum Gasteiger partial charge on any atom is 0.224 e. The van der Waals surface area contributed by atoms with Gasteiger partial charge in [0.15, 0.2) is 0 Å². The topological polar surface area (TPSA) is 64.3 Å². The van der Waals surface area contributed by atoms with Crippen molar-refractivity contribution in [3.63, 3.8) is 0 Å². The Labute approximate surface area is 104 Å². The first-order valence-corrected chi connectivity index (χ1v) is 6.46. The Hall–Kier alpha value is -0.610. The van der Waals surface area contributed by atoms with Gasteiger partial charge in [0, 0.05) is 19.2 Å². The summed E-state index contributed by atoms with van der Waals surface area (Å²) in [5.41, 5.74) is 4.86. The summed E-state index contributed by atoms with van der Waals surface area (Å²) in [6, 6.07) is 0.423. The molecule has 1 heterocycles. The van der Waals surface area contributed by atoms with Crippen molar-refractivity contribution in [2.75, 3.05) is 13.2 Å². The third-order valence-electron chi connectivity index (χ3n) is 3.84. The zero-order valence-corrected chi connectivity index (χ0v) is 11.5. The van der Waals surface area contributed by atoms with Crippen LogP contribution in [0.3, 0.4) is 0 Å². The molecular weight excluding hydrogens is 216 g/mol. The fraction of sp³-hybridized carbons (Fsp3) is 0.923. The fourth-order valence-electron chi connectivity index (χ4n) is 2.04. The van der Waals surface area contributed by atoms with Crippen LogP contribution in [0.4, 0.5) is 0 Å². The van der Waals surface area contributed by atoms with Gasteiger partial charge in [-0.2, -0.15) is 0 Å². The molecule has 0 spiro atoms. The van der Waals surface area contributed by atoms with Crippen molar-refractivity contribution in [2.24, 2.45) is 11.1 Å². The second-order valence-corrected chi connectivity index (χ2v) is 5.97. The van der Waals surface area contributed by atoms with E-state index in [1.54, 1.807) is 0 Å². The van der Waals surface area contributed by atoms with Crippen molar-refractivity contribution in [2.45, 2.75) is 58.6 Å². The van der Waals surface area contributed by atoms with Gasteiger partial charge >= 0.3 is 0 Å². The molecule has 3 N–H and O–H groups in total. The van der Waals surface area contributed by atoms with Crippen molar-refractivity contribution in [3.8, 4) is 0 Å². The summed E-state index contributed by atoms with van der Waals surface area (Å²) in [7, 11) is 0. The zero-order valence-electron chi connectivity index (χ0n) is 11.5. The maximum absolute atomic E-state index is 11.2. The normalized spacial score (nSPS) is 30.2. The maximum atomic E-state index is 11.2. The number of carbonyl (C=O) groups is 1. The van der Waals surface area contributed by atoms with Crippen molar-refractivity contribution in [1.82, 2.24) is 5.32 Å². The highest BCUT2D eigenvalue weighted by atomic mass is 16.5. The summed E-state index contributed by atoms with van der Waals surface area (Å²) in [6.45, 7) is 9.48. The van der Waals surface area contributed by atoms with E-state index in [2.05, 4.69) is 19.2 Å². The molecule has 1 aliphatic rings. The van der Waals surface area contributed by atoms with Gasteiger partial charge in [-0.25, -0.2) is 0 Å². The van der Waals surface area contributed by atoms with Gasteiger partial charge in [0.2, 0.25) is 5.91 Å². The number of primary amides is 1. The molecule has 17 heavy (non-hydrogen) atoms. The molecule has 2 unspecified atom stereocenters. The van der Waals surface area contributed by atoms with Crippen LogP contribution in [0.15, 0.2) is 0 Å². The van der Waals surface area contributed by atoms with E-state index in [9.17, 15) is 4.79 Å². The standard InChI is InChI=1S/C13H26N2O2/c1-5-13(4)8-10(6-7-17-13)15-9-12(2,3)11(14)16/h10,15H,5-9H2,1-4H3,(H2,14,16). The number of hydrogen-bond donors (Lipinski definition) is 2. The first-order chi connectivity index (χ1) is 7.79. The van der Waals surface area contributed by atoms with Crippen LogP contribution in [0.2, 0.25) is 0 Å². The molecule has 0 radical (unpaired) electrons. The Bertz CT molecular complexity index is 279. The molecule has 4 heteroatoms. The molecule has 1 fully saturated rings. The monoisotopic (exact) mass is 242 g/mol. The minimum atomic E-state index is -0.485. The van der Waals surface area contributed by atoms with Crippen LogP contribution in [0.25, 0.3) is 0 Å². The number of nitrogens with one attached hydrogen (secondary N) is 1. The highest BCUT2D eigenvalue weighted by molar-refractivity contribution is 5.80. The molecule has 0 bridgehead atoms. The number of carbonyl (C=O) groups excluding carboxylic acids is 1. The molecule has 0 aromatic carbocycles. The van der Waals surface area contributed by atoms with Gasteiger partial charge in [-0.05, 0) is 40.0 Å². The molecule has 4 nitrogen and oxygen atoms in total. The van der Waals surface area contributed by atoms with Gasteiger partial charge in [-0.1, -0.05) is 6.92 Å². The SMILES string of the molecule is CCC1(C)CC(NCC(C)(C)C(N)=O)CCO1. The van der Waals surface area contributed by atoms with Gasteiger partial charge in [-0.15, -0.1) is 0 Å². The van der Waals surface area contributed by atoms with E-state index in [0.29, 0.717) is 12.6 Å². The lowest BCUT2D eigenvalue weighted by Gasteiger charge is -2.39. The largest absolute Gasteiger partial charge is 0.375 e. The quantitative estimate of drug-likeness (QED) is 0.766. The summed E-state index contributed by atoms with van der Waals surface area (Å²) in [6.07, 6.45) is 3.02. The van der Waals surface area contributed by atoms with E-state index in [-0.39, 0.29) is 11.5 Å². The summed E-state index contributed by atoms with van der Waals surface area (Å²) in [4.78, 5) is 11.2. The molecule has 0 aliphatic carbocycles. The van der Waals surface area contributed by atoms with Gasteiger partial charge < -0.3 is 15.8 Å². The van der Waals surface area contributed by atoms with Crippen LogP contribution in [-0.2, 0) is 9.53 Å². The first-order valence-electron chi connectivity index (χ1n) is 6.46. The minimum Gasteiger partial charge on any atom is -0.375 e. The van der Waals surface area contributed by atoms with E-state index >= 15 is 0 Å². The van der Waals surface area contributed by atoms with Gasteiger partial charge in [0.05, 0.1) is 11.0 Å². The first kappa shape index (κ1) is 14.5. The van der Waals surface area contributed by atoms with Crippen molar-refractivity contribution < 1.29 is 9.53 Å². The fourth-order valence-corrected chi connectivity index (χ4v) is 2.04. The molecule has 1 amide bonds. The van der Waals surface area contributed by atoms with Crippen LogP contribution in [0.5, 0.6) is 0 Å². The lowest BCUT2D eigenvalue weighted by Crippen LogP contribution is -2.49. The van der Waals surface area contributed by atoms with Crippen molar-refractivity contribution in [1.29, 1.82) is 0 Å². The predicted molar refractivity (Wildman–Crippen MR) is 68.6 cm³/mol. The highest BCUT2D eigenvalue weighted by Gasteiger charge is 2.33. The molecule has 1 aliphatic heterocycles. The highest BCUT2D eigenvalue weighted by Crippen LogP contribution is 2.28. The molecule has 0 aromatic rings. The Morgan fingerprint density at radius 1 is 1.59 bits per heavy atom. The molecular formula is C13H26N2O2. The molecule has 0 saturated carbocycles. The van der Waals surface area contributed by atoms with Gasteiger partial charge in [-0.3, -0.25) is 4.79 Å². The predicted octanol–water partition coefficient (Wildman–Crippen LogP) is 1.44. The third-order valence-corrected chi connectivity index (χ3v) is 3.84. The van der Waals surface area contributed by atoms with E-state index in [4.69, 9.17) is 10.5 Å². The zero-order chi connectivity index (χ0) is 13.1.